The second kappa shape index (κ2) is 8.90. The molecule has 0 bridgehead atoms. The Hall–Kier alpha value is -2.01. The lowest BCUT2D eigenvalue weighted by Crippen LogP contribution is -2.13. The van der Waals surface area contributed by atoms with E-state index in [1.165, 1.54) is 11.8 Å². The third kappa shape index (κ3) is 4.98. The normalized spacial score (nSPS) is 10.2. The maximum atomic E-state index is 12.2. The van der Waals surface area contributed by atoms with Crippen LogP contribution in [0.5, 0.6) is 0 Å². The van der Waals surface area contributed by atoms with Gasteiger partial charge in [-0.15, -0.1) is 23.1 Å². The number of carbonyl (C=O) groups excluding carboxylic acids is 2. The zero-order valence-electron chi connectivity index (χ0n) is 13.6. The largest absolute Gasteiger partial charge is 0.462 e. The maximum absolute atomic E-state index is 12.2. The Morgan fingerprint density at radius 1 is 1.36 bits per heavy atom. The molecule has 1 heterocycles. The number of ether oxygens (including phenoxy) is 1. The van der Waals surface area contributed by atoms with Crippen LogP contribution in [-0.4, -0.2) is 24.2 Å². The minimum absolute atomic E-state index is 0.179. The van der Waals surface area contributed by atoms with Gasteiger partial charge in [-0.05, 0) is 43.7 Å². The first kappa shape index (κ1) is 19.3. The van der Waals surface area contributed by atoms with Crippen LogP contribution in [0.25, 0.3) is 0 Å². The molecule has 0 saturated carbocycles. The number of hydrogen-bond acceptors (Lipinski definition) is 6. The Bertz CT molecular complexity index is 826. The molecule has 1 aromatic carbocycles. The number of esters is 1. The number of thiophene rings is 1. The summed E-state index contributed by atoms with van der Waals surface area (Å²) in [5, 5.41) is 13.0. The van der Waals surface area contributed by atoms with Crippen LogP contribution in [-0.2, 0) is 9.53 Å². The number of amides is 1. The van der Waals surface area contributed by atoms with Crippen LogP contribution in [0.15, 0.2) is 29.2 Å². The molecule has 0 aliphatic rings. The van der Waals surface area contributed by atoms with E-state index in [4.69, 9.17) is 16.3 Å². The number of anilines is 1. The van der Waals surface area contributed by atoms with Gasteiger partial charge in [0.25, 0.3) is 0 Å². The molecule has 0 saturated heterocycles. The van der Waals surface area contributed by atoms with E-state index in [1.807, 2.05) is 18.2 Å². The summed E-state index contributed by atoms with van der Waals surface area (Å²) in [5.74, 6) is -0.566. The summed E-state index contributed by atoms with van der Waals surface area (Å²) in [7, 11) is 0. The Morgan fingerprint density at radius 3 is 2.64 bits per heavy atom. The highest BCUT2D eigenvalue weighted by molar-refractivity contribution is 8.00. The molecule has 0 unspecified atom stereocenters. The van der Waals surface area contributed by atoms with Gasteiger partial charge in [-0.3, -0.25) is 4.79 Å². The van der Waals surface area contributed by atoms with Crippen LogP contribution < -0.4 is 5.32 Å². The summed E-state index contributed by atoms with van der Waals surface area (Å²) in [6.45, 7) is 3.62. The number of carbonyl (C=O) groups is 2. The number of halogens is 1. The molecule has 25 heavy (non-hydrogen) atoms. The monoisotopic (exact) mass is 394 g/mol. The first-order valence-electron chi connectivity index (χ1n) is 7.35. The third-order valence-electron chi connectivity index (χ3n) is 3.16. The fourth-order valence-electron chi connectivity index (χ4n) is 1.97. The van der Waals surface area contributed by atoms with Crippen LogP contribution in [0.1, 0.15) is 27.7 Å². The number of hydrogen-bond donors (Lipinski definition) is 1. The summed E-state index contributed by atoms with van der Waals surface area (Å²) >= 11 is 8.23. The van der Waals surface area contributed by atoms with Crippen LogP contribution in [0.2, 0.25) is 5.02 Å². The summed E-state index contributed by atoms with van der Waals surface area (Å²) in [6.07, 6.45) is 0. The van der Waals surface area contributed by atoms with Crippen LogP contribution in [0.3, 0.4) is 0 Å². The molecule has 0 aliphatic heterocycles. The Balaban J connectivity index is 2.07. The van der Waals surface area contributed by atoms with Crippen molar-refractivity contribution in [3.05, 3.63) is 45.3 Å². The minimum atomic E-state index is -0.488. The number of nitrogens with zero attached hydrogens (tertiary/aromatic N) is 1. The first-order valence-corrected chi connectivity index (χ1v) is 9.53. The van der Waals surface area contributed by atoms with Crippen molar-refractivity contribution in [2.45, 2.75) is 18.7 Å². The van der Waals surface area contributed by atoms with Gasteiger partial charge in [-0.25, -0.2) is 4.79 Å². The first-order chi connectivity index (χ1) is 12.0. The lowest BCUT2D eigenvalue weighted by molar-refractivity contribution is -0.113. The van der Waals surface area contributed by atoms with Crippen molar-refractivity contribution in [2.24, 2.45) is 0 Å². The predicted octanol–water partition coefficient (Wildman–Crippen LogP) is 4.49. The third-order valence-corrected chi connectivity index (χ3v) is 5.61. The van der Waals surface area contributed by atoms with Crippen LogP contribution >= 0.6 is 34.7 Å². The summed E-state index contributed by atoms with van der Waals surface area (Å²) in [5.41, 5.74) is 0.810. The molecule has 5 nitrogen and oxygen atoms in total. The van der Waals surface area contributed by atoms with Crippen molar-refractivity contribution < 1.29 is 14.3 Å². The van der Waals surface area contributed by atoms with Crippen molar-refractivity contribution in [2.75, 3.05) is 17.7 Å². The zero-order chi connectivity index (χ0) is 18.4. The number of benzene rings is 1. The summed E-state index contributed by atoms with van der Waals surface area (Å²) in [6, 6.07) is 9.20. The van der Waals surface area contributed by atoms with E-state index < -0.39 is 5.97 Å². The van der Waals surface area contributed by atoms with Gasteiger partial charge in [0.05, 0.1) is 17.9 Å². The van der Waals surface area contributed by atoms with Gasteiger partial charge in [-0.1, -0.05) is 11.6 Å². The fraction of sp³-hybridized carbons (Fsp3) is 0.235. The lowest BCUT2D eigenvalue weighted by Gasteiger charge is -2.04. The molecule has 130 valence electrons. The van der Waals surface area contributed by atoms with E-state index in [0.29, 0.717) is 20.5 Å². The molecule has 8 heteroatoms. The smallest absolute Gasteiger partial charge is 0.348 e. The maximum Gasteiger partial charge on any atom is 0.348 e. The van der Waals surface area contributed by atoms with E-state index in [2.05, 4.69) is 5.32 Å². The molecule has 2 aromatic rings. The van der Waals surface area contributed by atoms with E-state index >= 15 is 0 Å². The van der Waals surface area contributed by atoms with E-state index in [-0.39, 0.29) is 23.8 Å². The van der Waals surface area contributed by atoms with Gasteiger partial charge in [0.15, 0.2) is 0 Å². The molecule has 1 N–H and O–H groups in total. The van der Waals surface area contributed by atoms with Gasteiger partial charge in [0.1, 0.15) is 15.9 Å². The highest BCUT2D eigenvalue weighted by atomic mass is 35.5. The fourth-order valence-corrected chi connectivity index (χ4v) is 3.86. The SMILES string of the molecule is CCOC(=O)c1sc(NC(=O)CSc2ccc(Cl)cc2)c(C#N)c1C. The molecule has 0 radical (unpaired) electrons. The topological polar surface area (TPSA) is 79.2 Å². The number of nitriles is 1. The molecule has 1 amide bonds. The van der Waals surface area contributed by atoms with Crippen molar-refractivity contribution in [3.63, 3.8) is 0 Å². The van der Waals surface area contributed by atoms with Gasteiger partial charge >= 0.3 is 5.97 Å². The van der Waals surface area contributed by atoms with Gasteiger partial charge < -0.3 is 10.1 Å². The van der Waals surface area contributed by atoms with Crippen molar-refractivity contribution in [3.8, 4) is 6.07 Å². The number of thioether (sulfide) groups is 1. The molecule has 0 fully saturated rings. The zero-order valence-corrected chi connectivity index (χ0v) is 16.0. The molecule has 1 aromatic heterocycles. The predicted molar refractivity (Wildman–Crippen MR) is 101 cm³/mol. The highest BCUT2D eigenvalue weighted by Crippen LogP contribution is 2.33. The molecule has 2 rings (SSSR count). The highest BCUT2D eigenvalue weighted by Gasteiger charge is 2.22. The van der Waals surface area contributed by atoms with Gasteiger partial charge in [0.2, 0.25) is 5.91 Å². The Labute approximate surface area is 158 Å². The van der Waals surface area contributed by atoms with E-state index in [1.54, 1.807) is 26.0 Å². The van der Waals surface area contributed by atoms with Gasteiger partial charge in [-0.2, -0.15) is 5.26 Å². The Kier molecular flexibility index (Phi) is 6.88. The quantitative estimate of drug-likeness (QED) is 0.576. The van der Waals surface area contributed by atoms with Crippen LogP contribution in [0, 0.1) is 18.3 Å². The van der Waals surface area contributed by atoms with E-state index in [0.717, 1.165) is 16.2 Å². The van der Waals surface area contributed by atoms with Crippen molar-refractivity contribution in [1.82, 2.24) is 0 Å². The molecule has 0 atom stereocenters. The average Bonchev–Trinajstić information content (AvgIpc) is 2.90. The van der Waals surface area contributed by atoms with E-state index in [9.17, 15) is 14.9 Å². The minimum Gasteiger partial charge on any atom is -0.462 e. The molecule has 0 aliphatic carbocycles. The second-order valence-electron chi connectivity index (χ2n) is 4.88. The Morgan fingerprint density at radius 2 is 2.04 bits per heavy atom. The standard InChI is InChI=1S/C17H15ClN2O3S2/c1-3-23-17(22)15-10(2)13(8-19)16(25-15)20-14(21)9-24-12-6-4-11(18)5-7-12/h4-7H,3,9H2,1-2H3,(H,20,21). The molecular weight excluding hydrogens is 380 g/mol. The van der Waals surface area contributed by atoms with Crippen molar-refractivity contribution in [1.29, 1.82) is 5.26 Å². The average molecular weight is 395 g/mol. The molecular formula is C17H15ClN2O3S2. The van der Waals surface area contributed by atoms with Crippen molar-refractivity contribution >= 4 is 51.6 Å². The lowest BCUT2D eigenvalue weighted by atomic mass is 10.2. The summed E-state index contributed by atoms with van der Waals surface area (Å²) < 4.78 is 4.98. The number of nitrogens with one attached hydrogen (secondary N) is 1. The van der Waals surface area contributed by atoms with Gasteiger partial charge in [0, 0.05) is 9.92 Å². The second-order valence-corrected chi connectivity index (χ2v) is 7.39. The van der Waals surface area contributed by atoms with Crippen LogP contribution in [0.4, 0.5) is 5.00 Å². The molecule has 0 spiro atoms. The summed E-state index contributed by atoms with van der Waals surface area (Å²) in [4.78, 5) is 25.3. The number of rotatable bonds is 6.